The van der Waals surface area contributed by atoms with Crippen LogP contribution in [0.25, 0.3) is 0 Å². The smallest absolute Gasteiger partial charge is 0.303 e. The second kappa shape index (κ2) is 14.5. The summed E-state index contributed by atoms with van der Waals surface area (Å²) in [6, 6.07) is 0. The fraction of sp³-hybridized carbons (Fsp3) is 0.611. The van der Waals surface area contributed by atoms with E-state index in [1.165, 1.54) is 0 Å². The molecule has 0 bridgehead atoms. The minimum atomic E-state index is -0.839. The van der Waals surface area contributed by atoms with E-state index in [1.54, 1.807) is 6.08 Å². The van der Waals surface area contributed by atoms with Crippen molar-refractivity contribution in [1.82, 2.24) is 0 Å². The van der Waals surface area contributed by atoms with Gasteiger partial charge in [-0.1, -0.05) is 43.4 Å². The second-order valence-corrected chi connectivity index (χ2v) is 5.34. The Morgan fingerprint density at radius 2 is 1.59 bits per heavy atom. The molecule has 0 fully saturated rings. The molecular weight excluding hydrogens is 280 g/mol. The lowest BCUT2D eigenvalue weighted by Gasteiger charge is -2.11. The molecule has 0 aliphatic rings. The van der Waals surface area contributed by atoms with Crippen LogP contribution in [0.2, 0.25) is 0 Å². The van der Waals surface area contributed by atoms with Crippen molar-refractivity contribution in [3.63, 3.8) is 0 Å². The maximum atomic E-state index is 10.4. The van der Waals surface area contributed by atoms with Gasteiger partial charge in [-0.2, -0.15) is 0 Å². The SMILES string of the molecule is CC/C=C/C/C=C/C/C=C/C(O)CCC(O)CCCC(=O)O. The number of carboxylic acids is 1. The molecule has 0 heterocycles. The monoisotopic (exact) mass is 310 g/mol. The number of hydrogen-bond acceptors (Lipinski definition) is 3. The number of aliphatic hydroxyl groups is 2. The summed E-state index contributed by atoms with van der Waals surface area (Å²) in [6.45, 7) is 2.10. The Hall–Kier alpha value is -1.39. The van der Waals surface area contributed by atoms with Gasteiger partial charge in [-0.15, -0.1) is 0 Å². The molecule has 3 N–H and O–H groups in total. The lowest BCUT2D eigenvalue weighted by atomic mass is 10.0. The van der Waals surface area contributed by atoms with Crippen LogP contribution < -0.4 is 0 Å². The third-order valence-corrected chi connectivity index (χ3v) is 3.20. The van der Waals surface area contributed by atoms with Gasteiger partial charge in [0.15, 0.2) is 0 Å². The molecule has 4 heteroatoms. The zero-order valence-electron chi connectivity index (χ0n) is 13.5. The van der Waals surface area contributed by atoms with Crippen LogP contribution >= 0.6 is 0 Å². The van der Waals surface area contributed by atoms with Gasteiger partial charge in [0.25, 0.3) is 0 Å². The van der Waals surface area contributed by atoms with Crippen molar-refractivity contribution in [2.75, 3.05) is 0 Å². The highest BCUT2D eigenvalue weighted by Crippen LogP contribution is 2.09. The Labute approximate surface area is 133 Å². The summed E-state index contributed by atoms with van der Waals surface area (Å²) < 4.78 is 0. The van der Waals surface area contributed by atoms with E-state index >= 15 is 0 Å². The van der Waals surface area contributed by atoms with E-state index in [0.717, 1.165) is 19.3 Å². The fourth-order valence-electron chi connectivity index (χ4n) is 1.94. The lowest BCUT2D eigenvalue weighted by molar-refractivity contribution is -0.137. The molecule has 0 amide bonds. The highest BCUT2D eigenvalue weighted by atomic mass is 16.4. The van der Waals surface area contributed by atoms with E-state index in [0.29, 0.717) is 25.7 Å². The number of aliphatic hydroxyl groups excluding tert-OH is 2. The maximum Gasteiger partial charge on any atom is 0.303 e. The van der Waals surface area contributed by atoms with E-state index in [1.807, 2.05) is 6.08 Å². The van der Waals surface area contributed by atoms with E-state index in [9.17, 15) is 15.0 Å². The van der Waals surface area contributed by atoms with E-state index in [-0.39, 0.29) is 6.42 Å². The molecule has 2 atom stereocenters. The molecule has 0 rings (SSSR count). The van der Waals surface area contributed by atoms with Crippen molar-refractivity contribution >= 4 is 5.97 Å². The summed E-state index contributed by atoms with van der Waals surface area (Å²) in [5, 5.41) is 27.9. The van der Waals surface area contributed by atoms with E-state index < -0.39 is 18.2 Å². The van der Waals surface area contributed by atoms with Crippen molar-refractivity contribution < 1.29 is 20.1 Å². The molecule has 0 aromatic rings. The van der Waals surface area contributed by atoms with Gasteiger partial charge in [0.1, 0.15) is 0 Å². The molecule has 0 spiro atoms. The van der Waals surface area contributed by atoms with Crippen LogP contribution in [-0.4, -0.2) is 33.5 Å². The van der Waals surface area contributed by atoms with Gasteiger partial charge in [-0.3, -0.25) is 4.79 Å². The van der Waals surface area contributed by atoms with Crippen LogP contribution in [0.1, 0.15) is 58.3 Å². The van der Waals surface area contributed by atoms with Gasteiger partial charge in [-0.05, 0) is 44.9 Å². The van der Waals surface area contributed by atoms with E-state index in [2.05, 4.69) is 31.2 Å². The molecule has 0 aliphatic carbocycles. The maximum absolute atomic E-state index is 10.4. The predicted octanol–water partition coefficient (Wildman–Crippen LogP) is 3.60. The standard InChI is InChI=1S/C18H30O4/c1-2-3-4-5-6-7-8-9-11-16(19)14-15-17(20)12-10-13-18(21)22/h3-4,6-7,9,11,16-17,19-20H,2,5,8,10,12-15H2,1H3,(H,21,22)/b4-3+,7-6+,11-9+. The first-order valence-electron chi connectivity index (χ1n) is 8.10. The second-order valence-electron chi connectivity index (χ2n) is 5.34. The van der Waals surface area contributed by atoms with Gasteiger partial charge in [-0.25, -0.2) is 0 Å². The predicted molar refractivity (Wildman–Crippen MR) is 89.7 cm³/mol. The number of carbonyl (C=O) groups is 1. The van der Waals surface area contributed by atoms with Gasteiger partial charge in [0.2, 0.25) is 0 Å². The zero-order chi connectivity index (χ0) is 16.6. The summed E-state index contributed by atoms with van der Waals surface area (Å²) in [4.78, 5) is 10.4. The third kappa shape index (κ3) is 15.0. The van der Waals surface area contributed by atoms with E-state index in [4.69, 9.17) is 5.11 Å². The Morgan fingerprint density at radius 1 is 0.955 bits per heavy atom. The molecule has 0 saturated heterocycles. The quantitative estimate of drug-likeness (QED) is 0.454. The summed E-state index contributed by atoms with van der Waals surface area (Å²) in [5.41, 5.74) is 0. The van der Waals surface area contributed by atoms with Gasteiger partial charge in [0.05, 0.1) is 12.2 Å². The minimum absolute atomic E-state index is 0.0826. The molecule has 22 heavy (non-hydrogen) atoms. The van der Waals surface area contributed by atoms with Crippen LogP contribution in [0.5, 0.6) is 0 Å². The van der Waals surface area contributed by atoms with Crippen LogP contribution in [0.4, 0.5) is 0 Å². The van der Waals surface area contributed by atoms with Crippen molar-refractivity contribution in [3.8, 4) is 0 Å². The summed E-state index contributed by atoms with van der Waals surface area (Å²) >= 11 is 0. The van der Waals surface area contributed by atoms with Gasteiger partial charge >= 0.3 is 5.97 Å². The number of hydrogen-bond donors (Lipinski definition) is 3. The summed E-state index contributed by atoms with van der Waals surface area (Å²) in [6.07, 6.45) is 15.8. The van der Waals surface area contributed by atoms with Gasteiger partial charge in [0, 0.05) is 6.42 Å². The number of rotatable bonds is 13. The van der Waals surface area contributed by atoms with Crippen LogP contribution in [0.15, 0.2) is 36.5 Å². The molecular formula is C18H30O4. The van der Waals surface area contributed by atoms with Crippen LogP contribution in [0.3, 0.4) is 0 Å². The Balaban J connectivity index is 3.66. The molecule has 2 unspecified atom stereocenters. The summed E-state index contributed by atoms with van der Waals surface area (Å²) in [7, 11) is 0. The molecule has 0 aromatic carbocycles. The van der Waals surface area contributed by atoms with Crippen molar-refractivity contribution in [2.45, 2.75) is 70.5 Å². The molecule has 126 valence electrons. The van der Waals surface area contributed by atoms with Crippen molar-refractivity contribution in [2.24, 2.45) is 0 Å². The van der Waals surface area contributed by atoms with Crippen molar-refractivity contribution in [1.29, 1.82) is 0 Å². The first-order chi connectivity index (χ1) is 10.6. The average molecular weight is 310 g/mol. The molecule has 0 aromatic heterocycles. The molecule has 0 aliphatic heterocycles. The Bertz CT molecular complexity index is 358. The Morgan fingerprint density at radius 3 is 2.23 bits per heavy atom. The van der Waals surface area contributed by atoms with Gasteiger partial charge < -0.3 is 15.3 Å². The van der Waals surface area contributed by atoms with Crippen molar-refractivity contribution in [3.05, 3.63) is 36.5 Å². The summed E-state index contributed by atoms with van der Waals surface area (Å²) in [5.74, 6) is -0.839. The first kappa shape index (κ1) is 20.6. The zero-order valence-corrected chi connectivity index (χ0v) is 13.5. The normalized spacial score (nSPS) is 15.0. The highest BCUT2D eigenvalue weighted by molar-refractivity contribution is 5.66. The van der Waals surface area contributed by atoms with Crippen LogP contribution in [0, 0.1) is 0 Å². The largest absolute Gasteiger partial charge is 0.481 e. The fourth-order valence-corrected chi connectivity index (χ4v) is 1.94. The average Bonchev–Trinajstić information content (AvgIpc) is 2.47. The highest BCUT2D eigenvalue weighted by Gasteiger charge is 2.08. The lowest BCUT2D eigenvalue weighted by Crippen LogP contribution is -2.12. The topological polar surface area (TPSA) is 77.8 Å². The van der Waals surface area contributed by atoms with Crippen LogP contribution in [-0.2, 0) is 4.79 Å². The number of aliphatic carboxylic acids is 1. The minimum Gasteiger partial charge on any atom is -0.481 e. The molecule has 0 radical (unpaired) electrons. The Kier molecular flexibility index (Phi) is 13.6. The first-order valence-corrected chi connectivity index (χ1v) is 8.10. The number of carboxylic acid groups (broad SMARTS) is 1. The number of allylic oxidation sites excluding steroid dienone is 5. The molecule has 0 saturated carbocycles. The molecule has 4 nitrogen and oxygen atoms in total. The third-order valence-electron chi connectivity index (χ3n) is 3.20.